The second-order valence-corrected chi connectivity index (χ2v) is 17.0. The maximum absolute atomic E-state index is 4.83. The molecule has 11 rings (SSSR count). The smallest absolute Gasteiger partial charge is 0.0741 e. The van der Waals surface area contributed by atoms with Crippen molar-refractivity contribution in [2.45, 2.75) is 44.3 Å². The van der Waals surface area contributed by atoms with Crippen LogP contribution in [0.15, 0.2) is 182 Å². The van der Waals surface area contributed by atoms with E-state index in [0.717, 1.165) is 23.5 Å². The summed E-state index contributed by atoms with van der Waals surface area (Å²) in [6, 6.07) is 54.9. The van der Waals surface area contributed by atoms with Gasteiger partial charge in [-0.1, -0.05) is 170 Å². The third kappa shape index (κ3) is 5.13. The van der Waals surface area contributed by atoms with Gasteiger partial charge in [-0.05, 0) is 134 Å². The van der Waals surface area contributed by atoms with Gasteiger partial charge in [0.15, 0.2) is 0 Å². The van der Waals surface area contributed by atoms with Gasteiger partial charge in [-0.15, -0.1) is 11.7 Å². The predicted octanol–water partition coefficient (Wildman–Crippen LogP) is 15.8. The van der Waals surface area contributed by atoms with Crippen molar-refractivity contribution < 1.29 is 0 Å². The Hall–Kier alpha value is -5.74. The highest BCUT2D eigenvalue weighted by Crippen LogP contribution is 2.65. The van der Waals surface area contributed by atoms with Gasteiger partial charge in [0.2, 0.25) is 0 Å². The molecule has 0 fully saturated rings. The van der Waals surface area contributed by atoms with Crippen molar-refractivity contribution in [3.05, 3.63) is 220 Å². The summed E-state index contributed by atoms with van der Waals surface area (Å²) in [4.78, 5) is 2.50. The van der Waals surface area contributed by atoms with Crippen molar-refractivity contribution in [2.24, 2.45) is 0 Å². The first-order valence-corrected chi connectivity index (χ1v) is 22.4. The van der Waals surface area contributed by atoms with Crippen LogP contribution in [0.3, 0.4) is 0 Å². The Morgan fingerprint density at radius 1 is 0.603 bits per heavy atom. The quantitative estimate of drug-likeness (QED) is 0.102. The number of anilines is 3. The lowest BCUT2D eigenvalue weighted by atomic mass is 9.69. The highest BCUT2D eigenvalue weighted by Gasteiger charge is 2.53. The number of rotatable bonds is 6. The van der Waals surface area contributed by atoms with Crippen molar-refractivity contribution in [3.8, 4) is 22.3 Å². The van der Waals surface area contributed by atoms with Crippen LogP contribution >= 0.6 is 22.5 Å². The largest absolute Gasteiger partial charge is 0.310 e. The number of hydrogen-bond acceptors (Lipinski definition) is 3. The summed E-state index contributed by atoms with van der Waals surface area (Å²) in [5.41, 5.74) is 20.4. The summed E-state index contributed by atoms with van der Waals surface area (Å²) in [5, 5.41) is 2.44. The molecule has 0 saturated heterocycles. The topological polar surface area (TPSA) is 3.24 Å². The van der Waals surface area contributed by atoms with Crippen LogP contribution in [0.25, 0.3) is 44.7 Å². The van der Waals surface area contributed by atoms with Crippen LogP contribution < -0.4 is 4.90 Å². The summed E-state index contributed by atoms with van der Waals surface area (Å²) in [6.45, 7) is 8.36. The normalized spacial score (nSPS) is 19.0. The van der Waals surface area contributed by atoms with Crippen molar-refractivity contribution >= 4 is 61.9 Å². The molecule has 1 nitrogen and oxygen atoms in total. The van der Waals surface area contributed by atoms with Crippen LogP contribution in [0.2, 0.25) is 0 Å². The monoisotopic (exact) mass is 783 g/mol. The van der Waals surface area contributed by atoms with Gasteiger partial charge in [0, 0.05) is 16.8 Å². The third-order valence-electron chi connectivity index (χ3n) is 12.7. The molecule has 0 radical (unpaired) electrons. The van der Waals surface area contributed by atoms with Gasteiger partial charge < -0.3 is 4.90 Å². The molecular weight excluding hydrogens is 739 g/mol. The van der Waals surface area contributed by atoms with Crippen LogP contribution in [0, 0.1) is 0 Å². The van der Waals surface area contributed by atoms with Crippen LogP contribution in [0.4, 0.5) is 17.1 Å². The lowest BCUT2D eigenvalue weighted by molar-refractivity contribution is 0.787. The van der Waals surface area contributed by atoms with Crippen LogP contribution in [0.1, 0.15) is 73.1 Å². The first-order chi connectivity index (χ1) is 28.6. The molecule has 2 unspecified atom stereocenters. The van der Waals surface area contributed by atoms with E-state index in [4.69, 9.17) is 11.7 Å². The van der Waals surface area contributed by atoms with E-state index in [0.29, 0.717) is 0 Å². The zero-order chi connectivity index (χ0) is 39.6. The van der Waals surface area contributed by atoms with E-state index < -0.39 is 5.41 Å². The zero-order valence-corrected chi connectivity index (χ0v) is 35.0. The van der Waals surface area contributed by atoms with Crippen molar-refractivity contribution in [3.63, 3.8) is 0 Å². The molecular formula is C55H45NS2. The van der Waals surface area contributed by atoms with E-state index >= 15 is 0 Å². The maximum atomic E-state index is 4.83. The van der Waals surface area contributed by atoms with E-state index in [1.807, 2.05) is 13.8 Å². The van der Waals surface area contributed by atoms with E-state index in [9.17, 15) is 0 Å². The number of allylic oxidation sites excluding steroid dienone is 7. The molecule has 0 heterocycles. The molecule has 7 aromatic rings. The SMILES string of the molecule is C/C=C\C=C/c1ccc2c(c1)-c1ccc(N(c3ccc4c(c3)-c3ccccc3C4(C)SS)c3cccc4ccccc34)cc1C21C2=C(CC=C2)c2ccccc21.CC. The fraction of sp³-hybridized carbons (Fsp3) is 0.127. The minimum Gasteiger partial charge on any atom is -0.310 e. The molecule has 4 aliphatic carbocycles. The van der Waals surface area contributed by atoms with E-state index in [-0.39, 0.29) is 4.75 Å². The number of thiol groups is 1. The molecule has 0 bridgehead atoms. The average Bonchev–Trinajstić information content (AvgIpc) is 4.01. The maximum Gasteiger partial charge on any atom is 0.0741 e. The van der Waals surface area contributed by atoms with E-state index in [1.165, 1.54) is 83.1 Å². The number of hydrogen-bond donors (Lipinski definition) is 1. The Morgan fingerprint density at radius 2 is 1.26 bits per heavy atom. The Bertz CT molecular complexity index is 2920. The Kier molecular flexibility index (Phi) is 9.00. The molecule has 282 valence electrons. The predicted molar refractivity (Wildman–Crippen MR) is 255 cm³/mol. The van der Waals surface area contributed by atoms with Crippen molar-refractivity contribution in [2.75, 3.05) is 4.90 Å². The summed E-state index contributed by atoms with van der Waals surface area (Å²) in [7, 11) is 1.62. The summed E-state index contributed by atoms with van der Waals surface area (Å²) < 4.78 is -0.236. The number of nitrogens with zero attached hydrogens (tertiary/aromatic N) is 1. The first-order valence-electron chi connectivity index (χ1n) is 20.5. The Morgan fingerprint density at radius 3 is 2.10 bits per heavy atom. The van der Waals surface area contributed by atoms with Crippen LogP contribution in [-0.4, -0.2) is 0 Å². The van der Waals surface area contributed by atoms with Crippen molar-refractivity contribution in [1.82, 2.24) is 0 Å². The molecule has 0 saturated carbocycles. The summed E-state index contributed by atoms with van der Waals surface area (Å²) in [6.07, 6.45) is 14.3. The Labute approximate surface area is 352 Å². The number of benzene rings is 7. The highest BCUT2D eigenvalue weighted by molar-refractivity contribution is 8.69. The minimum absolute atomic E-state index is 0.236. The molecule has 0 aromatic heterocycles. The molecule has 7 aromatic carbocycles. The van der Waals surface area contributed by atoms with Crippen molar-refractivity contribution in [1.29, 1.82) is 0 Å². The fourth-order valence-corrected chi connectivity index (χ4v) is 11.4. The minimum atomic E-state index is -0.405. The van der Waals surface area contributed by atoms with Gasteiger partial charge in [0.05, 0.1) is 15.8 Å². The van der Waals surface area contributed by atoms with Gasteiger partial charge in [-0.25, -0.2) is 0 Å². The number of fused-ring (bicyclic) bond motifs is 13. The second-order valence-electron chi connectivity index (χ2n) is 15.4. The van der Waals surface area contributed by atoms with E-state index in [2.05, 4.69) is 201 Å². The van der Waals surface area contributed by atoms with Gasteiger partial charge in [-0.2, -0.15) is 0 Å². The standard InChI is InChI=1S/C53H39NS2.C2H6/c1-3-4-5-14-34-25-29-49-43(31-34)42-28-26-37(33-50(42)53(49)47-22-11-9-18-39(47)40-20-13-23-48(40)53)54(51-24-12-16-35-15-6-7-17-38(35)51)36-27-30-46-44(32-36)41-19-8-10-21-45(41)52(46,2)56-55;1-2/h3-19,21-33,55H,20H2,1-2H3;1-2H3/b4-3-,14-5-;. The Balaban J connectivity index is 0.00000201. The molecule has 1 spiro atoms. The molecule has 58 heavy (non-hydrogen) atoms. The van der Waals surface area contributed by atoms with E-state index in [1.54, 1.807) is 10.8 Å². The average molecular weight is 784 g/mol. The van der Waals surface area contributed by atoms with Gasteiger partial charge in [-0.3, -0.25) is 0 Å². The van der Waals surface area contributed by atoms with Gasteiger partial charge in [0.1, 0.15) is 0 Å². The molecule has 0 N–H and O–H groups in total. The summed E-state index contributed by atoms with van der Waals surface area (Å²) >= 11 is 4.83. The molecule has 4 aliphatic rings. The van der Waals surface area contributed by atoms with Crippen LogP contribution in [0.5, 0.6) is 0 Å². The highest BCUT2D eigenvalue weighted by atomic mass is 33.1. The first kappa shape index (κ1) is 36.6. The molecule has 2 atom stereocenters. The lowest BCUT2D eigenvalue weighted by Crippen LogP contribution is -2.27. The van der Waals surface area contributed by atoms with Gasteiger partial charge >= 0.3 is 0 Å². The second kappa shape index (κ2) is 14.3. The third-order valence-corrected chi connectivity index (χ3v) is 14.6. The fourth-order valence-electron chi connectivity index (χ4n) is 10.3. The molecule has 0 amide bonds. The zero-order valence-electron chi connectivity index (χ0n) is 33.3. The van der Waals surface area contributed by atoms with Crippen LogP contribution in [-0.2, 0) is 10.2 Å². The lowest BCUT2D eigenvalue weighted by Gasteiger charge is -2.33. The van der Waals surface area contributed by atoms with Gasteiger partial charge in [0.25, 0.3) is 0 Å². The summed E-state index contributed by atoms with van der Waals surface area (Å²) in [5.74, 6) is 0. The molecule has 3 heteroatoms. The molecule has 0 aliphatic heterocycles.